The Morgan fingerprint density at radius 2 is 2.00 bits per heavy atom. The first-order valence-electron chi connectivity index (χ1n) is 6.47. The molecule has 2 atom stereocenters. The van der Waals surface area contributed by atoms with Crippen molar-refractivity contribution in [2.24, 2.45) is 5.92 Å². The molecule has 7 heteroatoms. The largest absolute Gasteiger partial charge is 0.480 e. The van der Waals surface area contributed by atoms with Crippen molar-refractivity contribution in [2.75, 3.05) is 11.4 Å². The number of carbonyl (C=O) groups is 3. The van der Waals surface area contributed by atoms with Crippen molar-refractivity contribution in [1.29, 1.82) is 0 Å². The number of amides is 2. The highest BCUT2D eigenvalue weighted by Crippen LogP contribution is 2.26. The van der Waals surface area contributed by atoms with Gasteiger partial charge < -0.3 is 15.3 Å². The second kappa shape index (κ2) is 6.13. The van der Waals surface area contributed by atoms with Crippen LogP contribution in [0.1, 0.15) is 13.3 Å². The third-order valence-corrected chi connectivity index (χ3v) is 3.62. The zero-order valence-corrected chi connectivity index (χ0v) is 12.1. The quantitative estimate of drug-likeness (QED) is 0.877. The molecule has 6 nitrogen and oxygen atoms in total. The van der Waals surface area contributed by atoms with Crippen LogP contribution in [0.15, 0.2) is 24.3 Å². The van der Waals surface area contributed by atoms with Gasteiger partial charge in [-0.3, -0.25) is 14.4 Å². The first-order chi connectivity index (χ1) is 9.88. The molecule has 1 aliphatic heterocycles. The summed E-state index contributed by atoms with van der Waals surface area (Å²) in [5.41, 5.74) is 0.672. The number of rotatable bonds is 4. The van der Waals surface area contributed by atoms with Crippen LogP contribution in [0.25, 0.3) is 0 Å². The van der Waals surface area contributed by atoms with Crippen molar-refractivity contribution < 1.29 is 19.5 Å². The van der Waals surface area contributed by atoms with Crippen LogP contribution in [-0.4, -0.2) is 35.5 Å². The van der Waals surface area contributed by atoms with Crippen molar-refractivity contribution in [3.63, 3.8) is 0 Å². The van der Waals surface area contributed by atoms with E-state index in [1.165, 1.54) is 11.8 Å². The normalized spacial score (nSPS) is 19.4. The van der Waals surface area contributed by atoms with E-state index in [1.807, 2.05) is 0 Å². The second-order valence-electron chi connectivity index (χ2n) is 4.95. The maximum Gasteiger partial charge on any atom is 0.325 e. The van der Waals surface area contributed by atoms with Gasteiger partial charge in [-0.15, -0.1) is 0 Å². The van der Waals surface area contributed by atoms with Crippen LogP contribution in [0.4, 0.5) is 5.69 Å². The maximum atomic E-state index is 12.0. The van der Waals surface area contributed by atoms with E-state index in [-0.39, 0.29) is 18.9 Å². The molecule has 0 aliphatic carbocycles. The Morgan fingerprint density at radius 1 is 1.38 bits per heavy atom. The van der Waals surface area contributed by atoms with Crippen LogP contribution in [0.2, 0.25) is 5.02 Å². The highest BCUT2D eigenvalue weighted by Gasteiger charge is 2.35. The molecule has 1 aromatic carbocycles. The molecule has 0 bridgehead atoms. The number of carboxylic acids is 1. The maximum absolute atomic E-state index is 12.0. The van der Waals surface area contributed by atoms with Gasteiger partial charge in [-0.25, -0.2) is 0 Å². The summed E-state index contributed by atoms with van der Waals surface area (Å²) < 4.78 is 0. The van der Waals surface area contributed by atoms with E-state index in [2.05, 4.69) is 5.32 Å². The Bertz CT molecular complexity index is 573. The Kier molecular flexibility index (Phi) is 4.47. The van der Waals surface area contributed by atoms with Crippen molar-refractivity contribution >= 4 is 35.1 Å². The molecule has 0 radical (unpaired) electrons. The molecule has 2 unspecified atom stereocenters. The minimum absolute atomic E-state index is 0.0702. The summed E-state index contributed by atoms with van der Waals surface area (Å²) in [6.07, 6.45) is 0.0702. The summed E-state index contributed by atoms with van der Waals surface area (Å²) in [5.74, 6) is -2.24. The van der Waals surface area contributed by atoms with E-state index < -0.39 is 23.8 Å². The molecule has 2 rings (SSSR count). The number of carboxylic acid groups (broad SMARTS) is 1. The summed E-state index contributed by atoms with van der Waals surface area (Å²) >= 11 is 5.80. The number of hydrogen-bond acceptors (Lipinski definition) is 3. The molecule has 21 heavy (non-hydrogen) atoms. The summed E-state index contributed by atoms with van der Waals surface area (Å²) in [5, 5.41) is 11.7. The molecule has 1 aromatic rings. The van der Waals surface area contributed by atoms with Crippen molar-refractivity contribution in [2.45, 2.75) is 19.4 Å². The number of carbonyl (C=O) groups excluding carboxylic acids is 2. The summed E-state index contributed by atoms with van der Waals surface area (Å²) in [4.78, 5) is 36.2. The van der Waals surface area contributed by atoms with Gasteiger partial charge in [0.2, 0.25) is 11.8 Å². The zero-order valence-electron chi connectivity index (χ0n) is 11.4. The molecule has 1 aliphatic rings. The average molecular weight is 311 g/mol. The fourth-order valence-corrected chi connectivity index (χ4v) is 2.27. The van der Waals surface area contributed by atoms with Gasteiger partial charge in [-0.1, -0.05) is 11.6 Å². The lowest BCUT2D eigenvalue weighted by Crippen LogP contribution is -2.42. The van der Waals surface area contributed by atoms with Crippen LogP contribution in [-0.2, 0) is 14.4 Å². The highest BCUT2D eigenvalue weighted by molar-refractivity contribution is 6.30. The zero-order chi connectivity index (χ0) is 15.6. The Labute approximate surface area is 126 Å². The van der Waals surface area contributed by atoms with E-state index in [1.54, 1.807) is 24.3 Å². The Hall–Kier alpha value is -2.08. The third-order valence-electron chi connectivity index (χ3n) is 3.36. The van der Waals surface area contributed by atoms with Crippen LogP contribution < -0.4 is 10.2 Å². The van der Waals surface area contributed by atoms with Gasteiger partial charge in [-0.05, 0) is 31.2 Å². The van der Waals surface area contributed by atoms with Gasteiger partial charge in [0.05, 0.1) is 5.92 Å². The molecule has 0 aromatic heterocycles. The van der Waals surface area contributed by atoms with Gasteiger partial charge >= 0.3 is 5.97 Å². The number of halogens is 1. The van der Waals surface area contributed by atoms with Gasteiger partial charge in [0.15, 0.2) is 0 Å². The minimum atomic E-state index is -1.11. The lowest BCUT2D eigenvalue weighted by Gasteiger charge is -2.17. The number of hydrogen-bond donors (Lipinski definition) is 2. The predicted molar refractivity (Wildman–Crippen MR) is 77.2 cm³/mol. The average Bonchev–Trinajstić information content (AvgIpc) is 2.81. The van der Waals surface area contributed by atoms with E-state index in [0.29, 0.717) is 10.7 Å². The first kappa shape index (κ1) is 15.3. The molecule has 112 valence electrons. The lowest BCUT2D eigenvalue weighted by molar-refractivity contribution is -0.141. The second-order valence-corrected chi connectivity index (χ2v) is 5.39. The van der Waals surface area contributed by atoms with Crippen LogP contribution in [0.3, 0.4) is 0 Å². The highest BCUT2D eigenvalue weighted by atomic mass is 35.5. The molecule has 0 spiro atoms. The summed E-state index contributed by atoms with van der Waals surface area (Å²) in [7, 11) is 0. The summed E-state index contributed by atoms with van der Waals surface area (Å²) in [6.45, 7) is 1.62. The van der Waals surface area contributed by atoms with Crippen LogP contribution >= 0.6 is 11.6 Å². The van der Waals surface area contributed by atoms with Crippen molar-refractivity contribution in [1.82, 2.24) is 5.32 Å². The van der Waals surface area contributed by atoms with E-state index in [4.69, 9.17) is 16.7 Å². The summed E-state index contributed by atoms with van der Waals surface area (Å²) in [6, 6.07) is 5.78. The first-order valence-corrected chi connectivity index (χ1v) is 6.85. The lowest BCUT2D eigenvalue weighted by atomic mass is 10.1. The molecular formula is C14H15ClN2O4. The molecule has 0 saturated carbocycles. The molecule has 1 heterocycles. The number of nitrogens with one attached hydrogen (secondary N) is 1. The van der Waals surface area contributed by atoms with Gasteiger partial charge in [0, 0.05) is 23.7 Å². The fraction of sp³-hybridized carbons (Fsp3) is 0.357. The standard InChI is InChI=1S/C14H15ClN2O4/c1-8(14(20)21)16-13(19)9-6-12(18)17(7-9)11-4-2-10(15)3-5-11/h2-5,8-9H,6-7H2,1H3,(H,16,19)(H,20,21). The smallest absolute Gasteiger partial charge is 0.325 e. The van der Waals surface area contributed by atoms with E-state index in [0.717, 1.165) is 0 Å². The van der Waals surface area contributed by atoms with Crippen LogP contribution in [0.5, 0.6) is 0 Å². The monoisotopic (exact) mass is 310 g/mol. The van der Waals surface area contributed by atoms with Gasteiger partial charge in [0.1, 0.15) is 6.04 Å². The molecule has 1 saturated heterocycles. The van der Waals surface area contributed by atoms with Gasteiger partial charge in [0.25, 0.3) is 0 Å². The fourth-order valence-electron chi connectivity index (χ4n) is 2.15. The molecule has 1 fully saturated rings. The molecular weight excluding hydrogens is 296 g/mol. The predicted octanol–water partition coefficient (Wildman–Crippen LogP) is 1.28. The van der Waals surface area contributed by atoms with Crippen LogP contribution in [0, 0.1) is 5.92 Å². The Morgan fingerprint density at radius 3 is 2.57 bits per heavy atom. The van der Waals surface area contributed by atoms with Crippen molar-refractivity contribution in [3.05, 3.63) is 29.3 Å². The SMILES string of the molecule is CC(NC(=O)C1CC(=O)N(c2ccc(Cl)cc2)C1)C(=O)O. The number of aliphatic carboxylic acids is 1. The number of benzene rings is 1. The van der Waals surface area contributed by atoms with Gasteiger partial charge in [-0.2, -0.15) is 0 Å². The minimum Gasteiger partial charge on any atom is -0.480 e. The molecule has 2 amide bonds. The Balaban J connectivity index is 2.04. The number of anilines is 1. The van der Waals surface area contributed by atoms with E-state index in [9.17, 15) is 14.4 Å². The number of nitrogens with zero attached hydrogens (tertiary/aromatic N) is 1. The third kappa shape index (κ3) is 3.52. The molecule has 2 N–H and O–H groups in total. The van der Waals surface area contributed by atoms with Crippen molar-refractivity contribution in [3.8, 4) is 0 Å². The van der Waals surface area contributed by atoms with E-state index >= 15 is 0 Å². The topological polar surface area (TPSA) is 86.7 Å².